The van der Waals surface area contributed by atoms with E-state index in [2.05, 4.69) is 59.7 Å². The second-order valence-electron chi connectivity index (χ2n) is 7.89. The molecular weight excluding hydrogens is 304 g/mol. The van der Waals surface area contributed by atoms with E-state index in [1.807, 2.05) is 0 Å². The predicted octanol–water partition coefficient (Wildman–Crippen LogP) is 5.00. The summed E-state index contributed by atoms with van der Waals surface area (Å²) in [6.45, 7) is 2.19. The highest BCUT2D eigenvalue weighted by atomic mass is 15.0. The van der Waals surface area contributed by atoms with E-state index in [4.69, 9.17) is 0 Å². The average molecular weight is 330 g/mol. The zero-order valence-corrected chi connectivity index (χ0v) is 14.9. The molecule has 0 fully saturated rings. The van der Waals surface area contributed by atoms with Crippen molar-refractivity contribution in [2.45, 2.75) is 57.5 Å². The number of rotatable bonds is 2. The summed E-state index contributed by atoms with van der Waals surface area (Å²) in [4.78, 5) is 3.74. The highest BCUT2D eigenvalue weighted by Crippen LogP contribution is 2.36. The number of aryl methyl sites for hydroxylation is 3. The van der Waals surface area contributed by atoms with Crippen molar-refractivity contribution in [1.82, 2.24) is 10.3 Å². The van der Waals surface area contributed by atoms with Crippen LogP contribution in [-0.2, 0) is 19.3 Å². The van der Waals surface area contributed by atoms with Gasteiger partial charge in [-0.3, -0.25) is 0 Å². The molecule has 2 heteroatoms. The van der Waals surface area contributed by atoms with Crippen LogP contribution in [0.1, 0.15) is 53.3 Å². The summed E-state index contributed by atoms with van der Waals surface area (Å²) in [6, 6.07) is 16.8. The number of benzene rings is 2. The average Bonchev–Trinajstić information content (AvgIpc) is 3.01. The molecule has 2 atom stereocenters. The molecular formula is C23H26N2. The Hall–Kier alpha value is -2.06. The molecule has 0 saturated carbocycles. The maximum atomic E-state index is 4.00. The fourth-order valence-electron chi connectivity index (χ4n) is 4.87. The number of hydrogen-bond donors (Lipinski definition) is 2. The highest BCUT2D eigenvalue weighted by molar-refractivity contribution is 5.85. The van der Waals surface area contributed by atoms with Crippen LogP contribution < -0.4 is 5.32 Å². The second-order valence-corrected chi connectivity index (χ2v) is 7.89. The minimum Gasteiger partial charge on any atom is -0.357 e. The first kappa shape index (κ1) is 15.2. The smallest absolute Gasteiger partial charge is 0.0478 e. The monoisotopic (exact) mass is 330 g/mol. The topological polar surface area (TPSA) is 27.8 Å². The maximum absolute atomic E-state index is 4.00. The lowest BCUT2D eigenvalue weighted by molar-refractivity contribution is 0.364. The van der Waals surface area contributed by atoms with Crippen molar-refractivity contribution in [3.63, 3.8) is 0 Å². The number of hydrogen-bond acceptors (Lipinski definition) is 1. The molecule has 0 radical (unpaired) electrons. The standard InChI is InChI=1S/C23H26N2/c1-15-9-12-21-20(13-15)19-7-4-8-22(23(19)25-21)24-18-11-10-16-5-2-3-6-17(16)14-18/h2-3,5-6,9,12-13,18,22,24-25H,4,7-8,10-11,14H2,1H3. The Kier molecular flexibility index (Phi) is 3.67. The fourth-order valence-corrected chi connectivity index (χ4v) is 4.87. The second kappa shape index (κ2) is 6.03. The third-order valence-electron chi connectivity index (χ3n) is 6.15. The van der Waals surface area contributed by atoms with Gasteiger partial charge in [0.25, 0.3) is 0 Å². The minimum absolute atomic E-state index is 0.478. The number of fused-ring (bicyclic) bond motifs is 4. The van der Waals surface area contributed by atoms with Gasteiger partial charge in [0.2, 0.25) is 0 Å². The van der Waals surface area contributed by atoms with E-state index < -0.39 is 0 Å². The summed E-state index contributed by atoms with van der Waals surface area (Å²) >= 11 is 0. The summed E-state index contributed by atoms with van der Waals surface area (Å²) < 4.78 is 0. The third kappa shape index (κ3) is 2.69. The molecule has 1 heterocycles. The van der Waals surface area contributed by atoms with Crippen molar-refractivity contribution in [2.75, 3.05) is 0 Å². The lowest BCUT2D eigenvalue weighted by Crippen LogP contribution is -2.38. The van der Waals surface area contributed by atoms with E-state index in [-0.39, 0.29) is 0 Å². The maximum Gasteiger partial charge on any atom is 0.0478 e. The van der Waals surface area contributed by atoms with Gasteiger partial charge in [-0.05, 0) is 74.3 Å². The summed E-state index contributed by atoms with van der Waals surface area (Å²) in [5.74, 6) is 0. The molecule has 5 rings (SSSR count). The van der Waals surface area contributed by atoms with E-state index in [1.165, 1.54) is 66.2 Å². The van der Waals surface area contributed by atoms with Gasteiger partial charge in [-0.2, -0.15) is 0 Å². The molecule has 0 bridgehead atoms. The normalized spacial score (nSPS) is 22.6. The van der Waals surface area contributed by atoms with Crippen molar-refractivity contribution in [3.05, 3.63) is 70.4 Å². The van der Waals surface area contributed by atoms with E-state index in [1.54, 1.807) is 11.1 Å². The zero-order valence-electron chi connectivity index (χ0n) is 14.9. The van der Waals surface area contributed by atoms with Gasteiger partial charge >= 0.3 is 0 Å². The van der Waals surface area contributed by atoms with Gasteiger partial charge in [-0.1, -0.05) is 35.9 Å². The lowest BCUT2D eigenvalue weighted by Gasteiger charge is -2.32. The highest BCUT2D eigenvalue weighted by Gasteiger charge is 2.27. The molecule has 2 aliphatic rings. The lowest BCUT2D eigenvalue weighted by atomic mass is 9.86. The Balaban J connectivity index is 1.42. The quantitative estimate of drug-likeness (QED) is 0.680. The number of nitrogens with one attached hydrogen (secondary N) is 2. The van der Waals surface area contributed by atoms with Crippen molar-refractivity contribution >= 4 is 10.9 Å². The summed E-state index contributed by atoms with van der Waals surface area (Å²) in [5.41, 5.74) is 8.75. The van der Waals surface area contributed by atoms with E-state index >= 15 is 0 Å². The van der Waals surface area contributed by atoms with Crippen molar-refractivity contribution in [2.24, 2.45) is 0 Å². The van der Waals surface area contributed by atoms with Gasteiger partial charge in [-0.15, -0.1) is 0 Å². The first-order valence-corrected chi connectivity index (χ1v) is 9.72. The van der Waals surface area contributed by atoms with Crippen molar-refractivity contribution in [3.8, 4) is 0 Å². The first-order valence-electron chi connectivity index (χ1n) is 9.72. The minimum atomic E-state index is 0.478. The van der Waals surface area contributed by atoms with Crippen LogP contribution in [0, 0.1) is 6.92 Å². The van der Waals surface area contributed by atoms with Crippen LogP contribution in [0.4, 0.5) is 0 Å². The Morgan fingerprint density at radius 1 is 1.00 bits per heavy atom. The molecule has 2 aromatic carbocycles. The largest absolute Gasteiger partial charge is 0.357 e. The molecule has 2 N–H and O–H groups in total. The van der Waals surface area contributed by atoms with Gasteiger partial charge in [0.1, 0.15) is 0 Å². The van der Waals surface area contributed by atoms with Gasteiger partial charge in [0.05, 0.1) is 0 Å². The van der Waals surface area contributed by atoms with Gasteiger partial charge in [-0.25, -0.2) is 0 Å². The summed E-state index contributed by atoms with van der Waals surface area (Å²) in [6.07, 6.45) is 7.37. The van der Waals surface area contributed by atoms with Crippen LogP contribution in [0.2, 0.25) is 0 Å². The molecule has 0 spiro atoms. The van der Waals surface area contributed by atoms with E-state index in [0.717, 1.165) is 0 Å². The van der Waals surface area contributed by atoms with Crippen LogP contribution >= 0.6 is 0 Å². The summed E-state index contributed by atoms with van der Waals surface area (Å²) in [5, 5.41) is 5.44. The van der Waals surface area contributed by atoms with Crippen LogP contribution in [0.5, 0.6) is 0 Å². The van der Waals surface area contributed by atoms with Gasteiger partial charge in [0.15, 0.2) is 0 Å². The third-order valence-corrected chi connectivity index (χ3v) is 6.15. The van der Waals surface area contributed by atoms with Gasteiger partial charge < -0.3 is 10.3 Å². The Morgan fingerprint density at radius 3 is 2.80 bits per heavy atom. The Morgan fingerprint density at radius 2 is 1.88 bits per heavy atom. The molecule has 3 aromatic rings. The molecule has 0 aliphatic heterocycles. The molecule has 2 aliphatic carbocycles. The first-order chi connectivity index (χ1) is 12.3. The van der Waals surface area contributed by atoms with Crippen LogP contribution in [0.25, 0.3) is 10.9 Å². The molecule has 25 heavy (non-hydrogen) atoms. The van der Waals surface area contributed by atoms with E-state index in [9.17, 15) is 0 Å². The SMILES string of the molecule is Cc1ccc2[nH]c3c(c2c1)CCCC3NC1CCc2ccccc2C1. The fraction of sp³-hybridized carbons (Fsp3) is 0.391. The van der Waals surface area contributed by atoms with Gasteiger partial charge in [0, 0.05) is 28.7 Å². The van der Waals surface area contributed by atoms with Crippen LogP contribution in [-0.4, -0.2) is 11.0 Å². The summed E-state index contributed by atoms with van der Waals surface area (Å²) in [7, 11) is 0. The van der Waals surface area contributed by atoms with Crippen molar-refractivity contribution in [1.29, 1.82) is 0 Å². The number of aromatic amines is 1. The van der Waals surface area contributed by atoms with Crippen molar-refractivity contribution < 1.29 is 0 Å². The number of H-pyrrole nitrogens is 1. The molecule has 2 nitrogen and oxygen atoms in total. The molecule has 2 unspecified atom stereocenters. The van der Waals surface area contributed by atoms with Crippen LogP contribution in [0.15, 0.2) is 42.5 Å². The van der Waals surface area contributed by atoms with E-state index in [0.29, 0.717) is 12.1 Å². The Labute approximate surface area is 149 Å². The Bertz CT molecular complexity index is 921. The number of aromatic nitrogens is 1. The molecule has 1 aromatic heterocycles. The molecule has 0 saturated heterocycles. The zero-order chi connectivity index (χ0) is 16.8. The predicted molar refractivity (Wildman–Crippen MR) is 104 cm³/mol. The molecule has 0 amide bonds. The molecule has 128 valence electrons. The van der Waals surface area contributed by atoms with Crippen LogP contribution in [0.3, 0.4) is 0 Å².